The highest BCUT2D eigenvalue weighted by atomic mass is 79.9. The summed E-state index contributed by atoms with van der Waals surface area (Å²) in [6.07, 6.45) is 2.15. The monoisotopic (exact) mass is 457 g/mol. The zero-order valence-electron chi connectivity index (χ0n) is 16.1. The van der Waals surface area contributed by atoms with E-state index in [2.05, 4.69) is 26.0 Å². The second-order valence-electron chi connectivity index (χ2n) is 6.07. The van der Waals surface area contributed by atoms with Gasteiger partial charge < -0.3 is 9.47 Å². The van der Waals surface area contributed by atoms with E-state index in [1.54, 1.807) is 43.5 Å². The molecule has 7 nitrogen and oxygen atoms in total. The molecule has 0 aliphatic rings. The fraction of sp³-hybridized carbons (Fsp3) is 0.238. The third-order valence-electron chi connectivity index (χ3n) is 4.06. The van der Waals surface area contributed by atoms with E-state index >= 15 is 0 Å². The van der Waals surface area contributed by atoms with E-state index in [9.17, 15) is 9.59 Å². The average Bonchev–Trinajstić information content (AvgIpc) is 2.73. The van der Waals surface area contributed by atoms with Crippen molar-refractivity contribution in [1.82, 2.24) is 9.66 Å². The first kappa shape index (κ1) is 20.7. The van der Waals surface area contributed by atoms with Gasteiger partial charge in [-0.25, -0.2) is 9.78 Å². The lowest BCUT2D eigenvalue weighted by molar-refractivity contribution is -0.145. The smallest absolute Gasteiger partial charge is 0.344 e. The number of fused-ring (bicyclic) bond motifs is 1. The molecule has 0 saturated carbocycles. The maximum atomic E-state index is 12.9. The van der Waals surface area contributed by atoms with Crippen molar-refractivity contribution in [2.75, 3.05) is 13.2 Å². The Balaban J connectivity index is 1.82. The summed E-state index contributed by atoms with van der Waals surface area (Å²) in [6.45, 7) is 3.84. The first-order valence-electron chi connectivity index (χ1n) is 9.15. The van der Waals surface area contributed by atoms with Crippen molar-refractivity contribution >= 4 is 39.0 Å². The van der Waals surface area contributed by atoms with E-state index in [1.807, 2.05) is 19.1 Å². The number of hydrogen-bond acceptors (Lipinski definition) is 6. The summed E-state index contributed by atoms with van der Waals surface area (Å²) in [4.78, 5) is 28.7. The normalized spacial score (nSPS) is 11.1. The summed E-state index contributed by atoms with van der Waals surface area (Å²) in [7, 11) is 0. The highest BCUT2D eigenvalue weighted by Gasteiger charge is 2.09. The van der Waals surface area contributed by atoms with Gasteiger partial charge in [0.25, 0.3) is 5.56 Å². The molecule has 0 aliphatic heterocycles. The van der Waals surface area contributed by atoms with Gasteiger partial charge >= 0.3 is 5.97 Å². The summed E-state index contributed by atoms with van der Waals surface area (Å²) in [5, 5.41) is 4.84. The molecule has 3 rings (SSSR count). The second-order valence-corrected chi connectivity index (χ2v) is 6.98. The molecule has 0 bridgehead atoms. The molecule has 0 amide bonds. The van der Waals surface area contributed by atoms with Gasteiger partial charge in [-0.05, 0) is 55.0 Å². The number of nitrogens with zero attached hydrogens (tertiary/aromatic N) is 3. The van der Waals surface area contributed by atoms with Crippen molar-refractivity contribution < 1.29 is 14.3 Å². The molecule has 0 fully saturated rings. The number of benzene rings is 2. The minimum Gasteiger partial charge on any atom is -0.482 e. The van der Waals surface area contributed by atoms with Crippen LogP contribution in [0.5, 0.6) is 5.75 Å². The number of ether oxygens (including phenoxy) is 2. The number of halogens is 1. The van der Waals surface area contributed by atoms with Crippen molar-refractivity contribution in [2.24, 2.45) is 5.10 Å². The molecule has 0 atom stereocenters. The van der Waals surface area contributed by atoms with Crippen molar-refractivity contribution in [3.63, 3.8) is 0 Å². The van der Waals surface area contributed by atoms with Crippen LogP contribution in [-0.4, -0.2) is 35.1 Å². The molecular formula is C21H20BrN3O4. The van der Waals surface area contributed by atoms with E-state index in [-0.39, 0.29) is 12.2 Å². The summed E-state index contributed by atoms with van der Waals surface area (Å²) < 4.78 is 12.3. The predicted octanol–water partition coefficient (Wildman–Crippen LogP) is 3.55. The minimum atomic E-state index is -0.417. The Morgan fingerprint density at radius 2 is 1.97 bits per heavy atom. The number of hydrogen-bond donors (Lipinski definition) is 0. The quantitative estimate of drug-likeness (QED) is 0.400. The number of rotatable bonds is 7. The fourth-order valence-electron chi connectivity index (χ4n) is 2.66. The largest absolute Gasteiger partial charge is 0.482 e. The van der Waals surface area contributed by atoms with Gasteiger partial charge in [0, 0.05) is 10.9 Å². The Kier molecular flexibility index (Phi) is 6.77. The first-order valence-corrected chi connectivity index (χ1v) is 9.95. The van der Waals surface area contributed by atoms with Crippen LogP contribution in [0.4, 0.5) is 0 Å². The first-order chi connectivity index (χ1) is 14.0. The molecule has 0 aliphatic carbocycles. The number of aryl methyl sites for hydroxylation is 1. The van der Waals surface area contributed by atoms with Crippen molar-refractivity contribution in [3.05, 3.63) is 68.7 Å². The minimum absolute atomic E-state index is 0.144. The van der Waals surface area contributed by atoms with Crippen LogP contribution in [0.3, 0.4) is 0 Å². The Labute approximate surface area is 176 Å². The number of carbonyl (C=O) groups is 1. The van der Waals surface area contributed by atoms with Gasteiger partial charge in [-0.15, -0.1) is 0 Å². The van der Waals surface area contributed by atoms with Gasteiger partial charge in [-0.2, -0.15) is 9.78 Å². The topological polar surface area (TPSA) is 82.8 Å². The van der Waals surface area contributed by atoms with Gasteiger partial charge in [0.2, 0.25) is 0 Å². The third-order valence-corrected chi connectivity index (χ3v) is 4.55. The van der Waals surface area contributed by atoms with Crippen molar-refractivity contribution in [3.8, 4) is 5.75 Å². The molecule has 8 heteroatoms. The third kappa shape index (κ3) is 5.08. The molecule has 0 saturated heterocycles. The number of esters is 1. The lowest BCUT2D eigenvalue weighted by atomic mass is 10.2. The number of aromatic nitrogens is 2. The zero-order valence-corrected chi connectivity index (χ0v) is 17.7. The number of carbonyl (C=O) groups excluding carboxylic acids is 1. The van der Waals surface area contributed by atoms with Crippen LogP contribution in [0, 0.1) is 0 Å². The van der Waals surface area contributed by atoms with Crippen LogP contribution < -0.4 is 10.3 Å². The molecule has 0 radical (unpaired) electrons. The van der Waals surface area contributed by atoms with Gasteiger partial charge in [0.05, 0.1) is 23.7 Å². The fourth-order valence-corrected chi connectivity index (χ4v) is 3.02. The maximum Gasteiger partial charge on any atom is 0.344 e. The van der Waals surface area contributed by atoms with E-state index in [1.165, 1.54) is 4.68 Å². The molecule has 2 aromatic carbocycles. The predicted molar refractivity (Wildman–Crippen MR) is 115 cm³/mol. The second kappa shape index (κ2) is 9.47. The molecule has 1 heterocycles. The van der Waals surface area contributed by atoms with Crippen LogP contribution in [0.2, 0.25) is 0 Å². The van der Waals surface area contributed by atoms with Crippen LogP contribution in [0.1, 0.15) is 25.2 Å². The molecule has 0 unspecified atom stereocenters. The summed E-state index contributed by atoms with van der Waals surface area (Å²) >= 11 is 3.38. The molecule has 0 N–H and O–H groups in total. The highest BCUT2D eigenvalue weighted by molar-refractivity contribution is 9.10. The van der Waals surface area contributed by atoms with E-state index in [0.29, 0.717) is 35.5 Å². The lowest BCUT2D eigenvalue weighted by Crippen LogP contribution is -2.22. The van der Waals surface area contributed by atoms with Crippen LogP contribution in [0.15, 0.2) is 56.8 Å². The standard InChI is InChI=1S/C21H20BrN3O4/c1-3-19-24-18-10-7-15(22)11-17(18)21(27)25(19)23-12-14-5-8-16(9-6-14)29-13-20(26)28-4-2/h5-12H,3-4,13H2,1-2H3. The molecular weight excluding hydrogens is 438 g/mol. The van der Waals surface area contributed by atoms with Crippen molar-refractivity contribution in [2.45, 2.75) is 20.3 Å². The Morgan fingerprint density at radius 3 is 2.66 bits per heavy atom. The maximum absolute atomic E-state index is 12.9. The zero-order chi connectivity index (χ0) is 20.8. The van der Waals surface area contributed by atoms with Gasteiger partial charge in [-0.3, -0.25) is 4.79 Å². The molecule has 29 heavy (non-hydrogen) atoms. The van der Waals surface area contributed by atoms with E-state index < -0.39 is 5.97 Å². The average molecular weight is 458 g/mol. The molecule has 1 aromatic heterocycles. The molecule has 3 aromatic rings. The van der Waals surface area contributed by atoms with Crippen molar-refractivity contribution in [1.29, 1.82) is 0 Å². The van der Waals surface area contributed by atoms with Gasteiger partial charge in [0.15, 0.2) is 6.61 Å². The lowest BCUT2D eigenvalue weighted by Gasteiger charge is -2.08. The van der Waals surface area contributed by atoms with Gasteiger partial charge in [0.1, 0.15) is 11.6 Å². The summed E-state index contributed by atoms with van der Waals surface area (Å²) in [6, 6.07) is 12.4. The van der Waals surface area contributed by atoms with E-state index in [4.69, 9.17) is 9.47 Å². The van der Waals surface area contributed by atoms with Crippen LogP contribution in [-0.2, 0) is 16.0 Å². The summed E-state index contributed by atoms with van der Waals surface area (Å²) in [5.41, 5.74) is 1.19. The van der Waals surface area contributed by atoms with Crippen LogP contribution >= 0.6 is 15.9 Å². The highest BCUT2D eigenvalue weighted by Crippen LogP contribution is 2.16. The van der Waals surface area contributed by atoms with E-state index in [0.717, 1.165) is 10.0 Å². The summed E-state index contributed by atoms with van der Waals surface area (Å²) in [5.74, 6) is 0.703. The Morgan fingerprint density at radius 1 is 1.21 bits per heavy atom. The Hall–Kier alpha value is -3.00. The Bertz CT molecular complexity index is 1110. The SMILES string of the molecule is CCOC(=O)COc1ccc(C=Nn2c(CC)nc3ccc(Br)cc3c2=O)cc1. The van der Waals surface area contributed by atoms with Gasteiger partial charge in [-0.1, -0.05) is 22.9 Å². The van der Waals surface area contributed by atoms with Crippen LogP contribution in [0.25, 0.3) is 10.9 Å². The molecule has 0 spiro atoms. The molecule has 150 valence electrons.